The number of carbonyl (C=O) groups excluding carboxylic acids is 7. The molecule has 194 valence electrons. The molecule has 1 unspecified atom stereocenters. The molecule has 0 saturated carbocycles. The lowest BCUT2D eigenvalue weighted by Crippen LogP contribution is -2.49. The number of carboxylic acids is 1. The van der Waals surface area contributed by atoms with Crippen LogP contribution in [0.2, 0.25) is 0 Å². The van der Waals surface area contributed by atoms with Crippen molar-refractivity contribution >= 4 is 47.3 Å². The van der Waals surface area contributed by atoms with E-state index in [0.29, 0.717) is 0 Å². The molecule has 14 nitrogen and oxygen atoms in total. The van der Waals surface area contributed by atoms with E-state index >= 15 is 0 Å². The number of hydrogen-bond acceptors (Lipinski definition) is 8. The van der Waals surface area contributed by atoms with Gasteiger partial charge in [-0.3, -0.25) is 48.2 Å². The molecule has 2 aliphatic rings. The minimum absolute atomic E-state index is 0.0881. The van der Waals surface area contributed by atoms with Gasteiger partial charge in [0.2, 0.25) is 17.7 Å². The topological polar surface area (TPSA) is 191 Å². The van der Waals surface area contributed by atoms with E-state index in [1.807, 2.05) is 0 Å². The Morgan fingerprint density at radius 2 is 1.22 bits per heavy atom. The first-order chi connectivity index (χ1) is 16.9. The molecule has 0 aromatic heterocycles. The van der Waals surface area contributed by atoms with Crippen molar-refractivity contribution in [3.05, 3.63) is 24.3 Å². The molecular weight excluding hydrogens is 478 g/mol. The molecule has 0 radical (unpaired) electrons. The number of hydrogen-bond donors (Lipinski definition) is 3. The average molecular weight is 505 g/mol. The predicted molar refractivity (Wildman–Crippen MR) is 120 cm³/mol. The van der Waals surface area contributed by atoms with Crippen LogP contribution in [0.25, 0.3) is 0 Å². The van der Waals surface area contributed by atoms with Gasteiger partial charge in [-0.25, -0.2) is 0 Å². The average Bonchev–Trinajstić information content (AvgIpc) is 3.31. The molecule has 0 aromatic rings. The Balaban J connectivity index is 1.92. The van der Waals surface area contributed by atoms with Crippen LogP contribution in [-0.4, -0.2) is 105 Å². The molecule has 0 saturated heterocycles. The van der Waals surface area contributed by atoms with Crippen LogP contribution in [0, 0.1) is 0 Å². The van der Waals surface area contributed by atoms with E-state index in [-0.39, 0.29) is 39.0 Å². The fourth-order valence-corrected chi connectivity index (χ4v) is 3.26. The zero-order valence-corrected chi connectivity index (χ0v) is 19.8. The summed E-state index contributed by atoms with van der Waals surface area (Å²) in [6.45, 7) is 2.20. The van der Waals surface area contributed by atoms with Crippen molar-refractivity contribution in [2.24, 2.45) is 0 Å². The first-order valence-corrected chi connectivity index (χ1v) is 11.1. The fraction of sp³-hybridized carbons (Fsp3) is 0.455. The van der Waals surface area contributed by atoms with Gasteiger partial charge in [0.15, 0.2) is 0 Å². The van der Waals surface area contributed by atoms with Gasteiger partial charge in [-0.2, -0.15) is 0 Å². The Morgan fingerprint density at radius 3 is 1.64 bits per heavy atom. The van der Waals surface area contributed by atoms with Gasteiger partial charge in [0.25, 0.3) is 23.6 Å². The molecule has 2 atom stereocenters. The van der Waals surface area contributed by atoms with Crippen molar-refractivity contribution in [2.75, 3.05) is 26.2 Å². The van der Waals surface area contributed by atoms with Crippen LogP contribution in [0.15, 0.2) is 24.3 Å². The highest BCUT2D eigenvalue weighted by atomic mass is 16.4. The van der Waals surface area contributed by atoms with Gasteiger partial charge in [-0.15, -0.1) is 0 Å². The predicted octanol–water partition coefficient (Wildman–Crippen LogP) is -2.46. The molecule has 14 heteroatoms. The second-order valence-corrected chi connectivity index (χ2v) is 8.06. The molecule has 2 heterocycles. The molecule has 0 fully saturated rings. The van der Waals surface area contributed by atoms with Crippen molar-refractivity contribution in [2.45, 2.75) is 38.8 Å². The molecule has 36 heavy (non-hydrogen) atoms. The number of imide groups is 2. The zero-order chi connectivity index (χ0) is 27.0. The van der Waals surface area contributed by atoms with Crippen LogP contribution in [0.4, 0.5) is 0 Å². The highest BCUT2D eigenvalue weighted by molar-refractivity contribution is 6.13. The monoisotopic (exact) mass is 505 g/mol. The molecule has 0 spiro atoms. The highest BCUT2D eigenvalue weighted by Crippen LogP contribution is 2.08. The standard InChI is InChI=1S/C22H27N5O9/c1-13(21(34)24-14(2)22(35)36)23-15(28)3-4-16(29)25(9-11-26-17(30)5-6-18(26)31)10-12-27-19(32)7-8-20(27)33/h5-8,13-14H,3-4,9-12H2,1-2H3,(H,23,28)(H,24,34)(H,35,36)/t13-,14?/m0/s1. The Bertz CT molecular complexity index is 953. The lowest BCUT2D eigenvalue weighted by molar-refractivity contribution is -0.141. The van der Waals surface area contributed by atoms with Crippen LogP contribution in [0.3, 0.4) is 0 Å². The van der Waals surface area contributed by atoms with Crippen molar-refractivity contribution in [3.8, 4) is 0 Å². The van der Waals surface area contributed by atoms with Crippen LogP contribution in [0.1, 0.15) is 26.7 Å². The maximum absolute atomic E-state index is 12.8. The molecular formula is C22H27N5O9. The summed E-state index contributed by atoms with van der Waals surface area (Å²) in [6.07, 6.45) is 3.78. The summed E-state index contributed by atoms with van der Waals surface area (Å²) in [5.74, 6) is -5.29. The second kappa shape index (κ2) is 12.4. The van der Waals surface area contributed by atoms with Crippen LogP contribution < -0.4 is 10.6 Å². The van der Waals surface area contributed by atoms with Crippen molar-refractivity contribution in [3.63, 3.8) is 0 Å². The molecule has 7 amide bonds. The Hall–Kier alpha value is -4.36. The van der Waals surface area contributed by atoms with Crippen molar-refractivity contribution in [1.82, 2.24) is 25.3 Å². The maximum atomic E-state index is 12.8. The fourth-order valence-electron chi connectivity index (χ4n) is 3.26. The van der Waals surface area contributed by atoms with Gasteiger partial charge in [0.05, 0.1) is 0 Å². The Kier molecular flexibility index (Phi) is 9.58. The third-order valence-electron chi connectivity index (χ3n) is 5.41. The highest BCUT2D eigenvalue weighted by Gasteiger charge is 2.28. The van der Waals surface area contributed by atoms with Crippen LogP contribution in [0.5, 0.6) is 0 Å². The lowest BCUT2D eigenvalue weighted by Gasteiger charge is -2.27. The van der Waals surface area contributed by atoms with E-state index in [0.717, 1.165) is 34.1 Å². The zero-order valence-electron chi connectivity index (χ0n) is 19.8. The van der Waals surface area contributed by atoms with Gasteiger partial charge in [-0.05, 0) is 13.8 Å². The molecule has 0 aromatic carbocycles. The Morgan fingerprint density at radius 1 is 0.778 bits per heavy atom. The summed E-state index contributed by atoms with van der Waals surface area (Å²) in [7, 11) is 0. The second-order valence-electron chi connectivity index (χ2n) is 8.06. The number of aliphatic carboxylic acids is 1. The smallest absolute Gasteiger partial charge is 0.325 e. The number of rotatable bonds is 13. The molecule has 2 rings (SSSR count). The normalized spacial score (nSPS) is 16.4. The summed E-state index contributed by atoms with van der Waals surface area (Å²) < 4.78 is 0. The van der Waals surface area contributed by atoms with Gasteiger partial charge in [-0.1, -0.05) is 0 Å². The summed E-state index contributed by atoms with van der Waals surface area (Å²) in [4.78, 5) is 98.1. The number of nitrogens with zero attached hydrogens (tertiary/aromatic N) is 3. The van der Waals surface area contributed by atoms with Gasteiger partial charge in [0, 0.05) is 63.3 Å². The van der Waals surface area contributed by atoms with Crippen molar-refractivity contribution < 1.29 is 43.5 Å². The number of carboxylic acid groups (broad SMARTS) is 1. The summed E-state index contributed by atoms with van der Waals surface area (Å²) in [5.41, 5.74) is 0. The third-order valence-corrected chi connectivity index (χ3v) is 5.41. The Labute approximate surface area is 205 Å². The van der Waals surface area contributed by atoms with E-state index < -0.39 is 59.4 Å². The number of carbonyl (C=O) groups is 8. The first kappa shape index (κ1) is 27.9. The molecule has 0 aliphatic carbocycles. The lowest BCUT2D eigenvalue weighted by atomic mass is 10.2. The summed E-state index contributed by atoms with van der Waals surface area (Å²) in [6, 6.07) is -2.20. The molecule has 2 aliphatic heterocycles. The van der Waals surface area contributed by atoms with Crippen LogP contribution >= 0.6 is 0 Å². The molecule has 0 bridgehead atoms. The van der Waals surface area contributed by atoms with Gasteiger partial charge >= 0.3 is 5.97 Å². The number of nitrogens with one attached hydrogen (secondary N) is 2. The largest absolute Gasteiger partial charge is 0.480 e. The quantitative estimate of drug-likeness (QED) is 0.228. The van der Waals surface area contributed by atoms with Gasteiger partial charge < -0.3 is 20.6 Å². The maximum Gasteiger partial charge on any atom is 0.325 e. The van der Waals surface area contributed by atoms with E-state index in [4.69, 9.17) is 5.11 Å². The SMILES string of the molecule is CC(NC(=O)[C@H](C)NC(=O)CCC(=O)N(CCN1C(=O)C=CC1=O)CCN1C(=O)C=CC1=O)C(=O)O. The summed E-state index contributed by atoms with van der Waals surface area (Å²) >= 11 is 0. The number of amides is 7. The summed E-state index contributed by atoms with van der Waals surface area (Å²) in [5, 5.41) is 13.4. The van der Waals surface area contributed by atoms with E-state index in [2.05, 4.69) is 10.6 Å². The van der Waals surface area contributed by atoms with Crippen molar-refractivity contribution in [1.29, 1.82) is 0 Å². The third kappa shape index (κ3) is 7.58. The first-order valence-electron chi connectivity index (χ1n) is 11.1. The van der Waals surface area contributed by atoms with E-state index in [1.54, 1.807) is 0 Å². The van der Waals surface area contributed by atoms with E-state index in [9.17, 15) is 38.4 Å². The molecule has 3 N–H and O–H groups in total. The minimum Gasteiger partial charge on any atom is -0.480 e. The van der Waals surface area contributed by atoms with Gasteiger partial charge in [0.1, 0.15) is 12.1 Å². The van der Waals surface area contributed by atoms with Crippen LogP contribution in [-0.2, 0) is 38.4 Å². The minimum atomic E-state index is -1.24. The van der Waals surface area contributed by atoms with E-state index in [1.165, 1.54) is 18.7 Å².